The van der Waals surface area contributed by atoms with Crippen molar-refractivity contribution in [2.45, 2.75) is 12.4 Å². The molecule has 0 aliphatic carbocycles. The van der Waals surface area contributed by atoms with Gasteiger partial charge in [0.2, 0.25) is 0 Å². The number of carbonyl (C=O) groups is 1. The number of halogens is 8. The molecule has 0 aliphatic heterocycles. The number of anilines is 1. The van der Waals surface area contributed by atoms with E-state index in [9.17, 15) is 31.1 Å². The molecule has 0 bridgehead atoms. The first-order valence-electron chi connectivity index (χ1n) is 6.69. The number of hydrogen-bond donors (Lipinski definition) is 2. The SMILES string of the molecule is O=C(NNc1cc(C(F)(F)F)cc(C(F)(F)F)c1)c1c(Cl)cccc1Cl. The number of benzene rings is 2. The highest BCUT2D eigenvalue weighted by Gasteiger charge is 2.37. The lowest BCUT2D eigenvalue weighted by Crippen LogP contribution is -2.30. The normalized spacial score (nSPS) is 12.0. The van der Waals surface area contributed by atoms with Gasteiger partial charge in [0.1, 0.15) is 0 Å². The van der Waals surface area contributed by atoms with Crippen LogP contribution in [0, 0.1) is 0 Å². The quantitative estimate of drug-likeness (QED) is 0.491. The number of hydrogen-bond acceptors (Lipinski definition) is 2. The van der Waals surface area contributed by atoms with Gasteiger partial charge in [0, 0.05) is 0 Å². The predicted octanol–water partition coefficient (Wildman–Crippen LogP) is 5.79. The third kappa shape index (κ3) is 4.73. The van der Waals surface area contributed by atoms with Crippen molar-refractivity contribution in [2.75, 3.05) is 5.43 Å². The first-order chi connectivity index (χ1) is 11.9. The van der Waals surface area contributed by atoms with E-state index in [1.165, 1.54) is 18.2 Å². The van der Waals surface area contributed by atoms with Crippen molar-refractivity contribution in [3.63, 3.8) is 0 Å². The minimum Gasteiger partial charge on any atom is -0.298 e. The van der Waals surface area contributed by atoms with Crippen molar-refractivity contribution < 1.29 is 31.1 Å². The zero-order valence-electron chi connectivity index (χ0n) is 12.4. The van der Waals surface area contributed by atoms with Crippen LogP contribution < -0.4 is 10.9 Å². The minimum atomic E-state index is -5.01. The van der Waals surface area contributed by atoms with Crippen LogP contribution in [0.15, 0.2) is 36.4 Å². The number of hydrazine groups is 1. The van der Waals surface area contributed by atoms with Crippen LogP contribution in [-0.4, -0.2) is 5.91 Å². The molecule has 26 heavy (non-hydrogen) atoms. The summed E-state index contributed by atoms with van der Waals surface area (Å²) < 4.78 is 76.7. The lowest BCUT2D eigenvalue weighted by atomic mass is 10.1. The molecule has 0 spiro atoms. The Balaban J connectivity index is 2.30. The molecular weight excluding hydrogens is 409 g/mol. The van der Waals surface area contributed by atoms with Gasteiger partial charge in [-0.25, -0.2) is 0 Å². The van der Waals surface area contributed by atoms with E-state index in [0.29, 0.717) is 12.1 Å². The molecule has 0 radical (unpaired) electrons. The van der Waals surface area contributed by atoms with Crippen LogP contribution in [0.3, 0.4) is 0 Å². The monoisotopic (exact) mass is 416 g/mol. The summed E-state index contributed by atoms with van der Waals surface area (Å²) in [5.41, 5.74) is 0.101. The number of nitrogens with one attached hydrogen (secondary N) is 2. The van der Waals surface area contributed by atoms with Crippen molar-refractivity contribution in [2.24, 2.45) is 0 Å². The molecule has 2 rings (SSSR count). The van der Waals surface area contributed by atoms with Crippen molar-refractivity contribution in [1.82, 2.24) is 5.43 Å². The van der Waals surface area contributed by atoms with Crippen molar-refractivity contribution in [1.29, 1.82) is 0 Å². The molecule has 0 fully saturated rings. The number of carbonyl (C=O) groups excluding carboxylic acids is 1. The first kappa shape index (κ1) is 20.2. The maximum atomic E-state index is 12.8. The van der Waals surface area contributed by atoms with Crippen LogP contribution in [0.25, 0.3) is 0 Å². The summed E-state index contributed by atoms with van der Waals surface area (Å²) in [6.45, 7) is 0. The molecule has 3 nitrogen and oxygen atoms in total. The van der Waals surface area contributed by atoms with Crippen molar-refractivity contribution in [3.8, 4) is 0 Å². The average Bonchev–Trinajstić information content (AvgIpc) is 2.51. The zero-order valence-corrected chi connectivity index (χ0v) is 13.9. The van der Waals surface area contributed by atoms with Gasteiger partial charge >= 0.3 is 12.4 Å². The van der Waals surface area contributed by atoms with E-state index >= 15 is 0 Å². The number of alkyl halides is 6. The van der Waals surface area contributed by atoms with E-state index < -0.39 is 35.1 Å². The molecule has 2 N–H and O–H groups in total. The summed E-state index contributed by atoms with van der Waals surface area (Å²) in [5.74, 6) is -0.938. The summed E-state index contributed by atoms with van der Waals surface area (Å²) in [4.78, 5) is 12.0. The third-order valence-corrected chi connectivity index (χ3v) is 3.73. The van der Waals surface area contributed by atoms with Crippen LogP contribution in [0.5, 0.6) is 0 Å². The highest BCUT2D eigenvalue weighted by atomic mass is 35.5. The molecule has 0 saturated heterocycles. The molecule has 1 amide bonds. The number of amides is 1. The van der Waals surface area contributed by atoms with E-state index in [0.717, 1.165) is 0 Å². The predicted molar refractivity (Wildman–Crippen MR) is 84.0 cm³/mol. The zero-order chi connectivity index (χ0) is 19.7. The lowest BCUT2D eigenvalue weighted by Gasteiger charge is -2.16. The van der Waals surface area contributed by atoms with Gasteiger partial charge in [0.05, 0.1) is 32.4 Å². The van der Waals surface area contributed by atoms with E-state index in [-0.39, 0.29) is 21.7 Å². The third-order valence-electron chi connectivity index (χ3n) is 3.10. The Morgan fingerprint density at radius 1 is 0.846 bits per heavy atom. The van der Waals surface area contributed by atoms with Gasteiger partial charge in [-0.1, -0.05) is 29.3 Å². The largest absolute Gasteiger partial charge is 0.416 e. The van der Waals surface area contributed by atoms with Crippen LogP contribution in [-0.2, 0) is 12.4 Å². The maximum Gasteiger partial charge on any atom is 0.416 e. The Morgan fingerprint density at radius 3 is 1.73 bits per heavy atom. The molecule has 11 heteroatoms. The summed E-state index contributed by atoms with van der Waals surface area (Å²) in [6, 6.07) is 4.95. The van der Waals surface area contributed by atoms with Crippen molar-refractivity contribution >= 4 is 34.8 Å². The van der Waals surface area contributed by atoms with E-state index in [1.807, 2.05) is 10.9 Å². The molecular formula is C15H8Cl2F6N2O. The Morgan fingerprint density at radius 2 is 1.31 bits per heavy atom. The molecule has 0 unspecified atom stereocenters. The fourth-order valence-electron chi connectivity index (χ4n) is 1.93. The van der Waals surface area contributed by atoms with E-state index in [4.69, 9.17) is 23.2 Å². The fraction of sp³-hybridized carbons (Fsp3) is 0.133. The van der Waals surface area contributed by atoms with E-state index in [2.05, 4.69) is 0 Å². The summed E-state index contributed by atoms with van der Waals surface area (Å²) in [6.07, 6.45) is -10.0. The van der Waals surface area contributed by atoms with Gasteiger partial charge in [-0.15, -0.1) is 0 Å². The first-order valence-corrected chi connectivity index (χ1v) is 7.45. The van der Waals surface area contributed by atoms with Crippen LogP contribution >= 0.6 is 23.2 Å². The van der Waals surface area contributed by atoms with E-state index in [1.54, 1.807) is 0 Å². The minimum absolute atomic E-state index is 0.0298. The second-order valence-electron chi connectivity index (χ2n) is 4.97. The Bertz CT molecular complexity index is 783. The molecule has 2 aromatic rings. The maximum absolute atomic E-state index is 12.8. The Kier molecular flexibility index (Phi) is 5.62. The van der Waals surface area contributed by atoms with Crippen molar-refractivity contribution in [3.05, 3.63) is 63.1 Å². The van der Waals surface area contributed by atoms with Gasteiger partial charge in [0.15, 0.2) is 0 Å². The highest BCUT2D eigenvalue weighted by molar-refractivity contribution is 6.39. The number of rotatable bonds is 3. The Labute approximate surface area is 152 Å². The molecule has 0 heterocycles. The highest BCUT2D eigenvalue weighted by Crippen LogP contribution is 2.37. The van der Waals surface area contributed by atoms with Gasteiger partial charge in [-0.2, -0.15) is 26.3 Å². The van der Waals surface area contributed by atoms with Gasteiger partial charge in [-0.3, -0.25) is 15.6 Å². The molecule has 0 atom stereocenters. The average molecular weight is 417 g/mol. The summed E-state index contributed by atoms with van der Waals surface area (Å²) >= 11 is 11.6. The second-order valence-corrected chi connectivity index (χ2v) is 5.78. The van der Waals surface area contributed by atoms with Gasteiger partial charge in [-0.05, 0) is 30.3 Å². The Hall–Kier alpha value is -2.13. The molecule has 0 aliphatic rings. The van der Waals surface area contributed by atoms with Crippen LogP contribution in [0.4, 0.5) is 32.0 Å². The summed E-state index contributed by atoms with van der Waals surface area (Å²) in [7, 11) is 0. The van der Waals surface area contributed by atoms with Gasteiger partial charge < -0.3 is 0 Å². The topological polar surface area (TPSA) is 41.1 Å². The van der Waals surface area contributed by atoms with Gasteiger partial charge in [0.25, 0.3) is 5.91 Å². The standard InChI is InChI=1S/C15H8Cl2F6N2O/c16-10-2-1-3-11(17)12(10)13(26)25-24-9-5-7(14(18,19)20)4-8(6-9)15(21,22)23/h1-6,24H,(H,25,26). The van der Waals surface area contributed by atoms with Crippen LogP contribution in [0.1, 0.15) is 21.5 Å². The summed E-state index contributed by atoms with van der Waals surface area (Å²) in [5, 5.41) is -0.0892. The smallest absolute Gasteiger partial charge is 0.298 e. The second kappa shape index (κ2) is 7.24. The molecule has 140 valence electrons. The molecule has 0 saturated carbocycles. The molecule has 2 aromatic carbocycles. The fourth-order valence-corrected chi connectivity index (χ4v) is 2.50. The lowest BCUT2D eigenvalue weighted by molar-refractivity contribution is -0.143. The van der Waals surface area contributed by atoms with Crippen LogP contribution in [0.2, 0.25) is 10.0 Å². The molecule has 0 aromatic heterocycles.